The number of rotatable bonds is 7. The van der Waals surface area contributed by atoms with Gasteiger partial charge in [-0.05, 0) is 44.2 Å². The van der Waals surface area contributed by atoms with Crippen LogP contribution in [0, 0.1) is 5.92 Å². The lowest BCUT2D eigenvalue weighted by Crippen LogP contribution is -2.57. The predicted molar refractivity (Wildman–Crippen MR) is 76.9 cm³/mol. The average Bonchev–Trinajstić information content (AvgIpc) is 3.09. The second-order valence-corrected chi connectivity index (χ2v) is 6.30. The molecule has 1 fully saturated rings. The minimum atomic E-state index is -0.00183. The molecule has 1 aromatic rings. The lowest BCUT2D eigenvalue weighted by atomic mass is 9.90. The number of nitrogens with zero attached hydrogens (tertiary/aromatic N) is 1. The molecular formula is C14H24N2OS. The Balaban J connectivity index is 2.19. The van der Waals surface area contributed by atoms with Crippen molar-refractivity contribution in [3.05, 3.63) is 22.4 Å². The second-order valence-electron chi connectivity index (χ2n) is 5.32. The maximum Gasteiger partial charge on any atom is 0.0661 e. The van der Waals surface area contributed by atoms with E-state index in [4.69, 9.17) is 10.5 Å². The third-order valence-corrected chi connectivity index (χ3v) is 5.37. The van der Waals surface area contributed by atoms with Gasteiger partial charge in [0.1, 0.15) is 0 Å². The number of likely N-dealkylation sites (N-methyl/N-ethyl adjacent to an activating group) is 1. The first-order valence-electron chi connectivity index (χ1n) is 6.61. The molecule has 0 aliphatic heterocycles. The maximum atomic E-state index is 6.11. The van der Waals surface area contributed by atoms with Gasteiger partial charge in [0, 0.05) is 24.6 Å². The van der Waals surface area contributed by atoms with Gasteiger partial charge >= 0.3 is 0 Å². The van der Waals surface area contributed by atoms with Gasteiger partial charge in [0.05, 0.1) is 12.1 Å². The van der Waals surface area contributed by atoms with Crippen molar-refractivity contribution in [3.63, 3.8) is 0 Å². The summed E-state index contributed by atoms with van der Waals surface area (Å²) < 4.78 is 5.47. The van der Waals surface area contributed by atoms with Gasteiger partial charge in [-0.3, -0.25) is 4.90 Å². The highest BCUT2D eigenvalue weighted by Crippen LogP contribution is 2.45. The summed E-state index contributed by atoms with van der Waals surface area (Å²) in [5.41, 5.74) is 6.11. The van der Waals surface area contributed by atoms with Crippen molar-refractivity contribution in [2.45, 2.75) is 31.3 Å². The number of thiophene rings is 1. The summed E-state index contributed by atoms with van der Waals surface area (Å²) in [7, 11) is 3.96. The lowest BCUT2D eigenvalue weighted by Gasteiger charge is -2.44. The van der Waals surface area contributed by atoms with Gasteiger partial charge in [-0.1, -0.05) is 6.07 Å². The summed E-state index contributed by atoms with van der Waals surface area (Å²) >= 11 is 1.81. The van der Waals surface area contributed by atoms with Crippen molar-refractivity contribution in [1.82, 2.24) is 4.90 Å². The monoisotopic (exact) mass is 268 g/mol. The molecule has 18 heavy (non-hydrogen) atoms. The third kappa shape index (κ3) is 2.48. The highest BCUT2D eigenvalue weighted by molar-refractivity contribution is 7.10. The van der Waals surface area contributed by atoms with E-state index in [0.717, 1.165) is 6.61 Å². The van der Waals surface area contributed by atoms with Crippen LogP contribution in [0.15, 0.2) is 17.5 Å². The number of hydrogen-bond acceptors (Lipinski definition) is 4. The zero-order chi connectivity index (χ0) is 13.2. The molecule has 1 heterocycles. The zero-order valence-electron chi connectivity index (χ0n) is 11.6. The summed E-state index contributed by atoms with van der Waals surface area (Å²) in [5.74, 6) is 0.690. The Morgan fingerprint density at radius 3 is 2.78 bits per heavy atom. The van der Waals surface area contributed by atoms with Gasteiger partial charge in [0.2, 0.25) is 0 Å². The van der Waals surface area contributed by atoms with E-state index in [1.54, 1.807) is 7.11 Å². The van der Waals surface area contributed by atoms with E-state index in [1.165, 1.54) is 17.7 Å². The Morgan fingerprint density at radius 1 is 1.61 bits per heavy atom. The average molecular weight is 268 g/mol. The smallest absolute Gasteiger partial charge is 0.0661 e. The van der Waals surface area contributed by atoms with Crippen molar-refractivity contribution in [2.75, 3.05) is 27.3 Å². The fraction of sp³-hybridized carbons (Fsp3) is 0.714. The zero-order valence-corrected chi connectivity index (χ0v) is 12.4. The fourth-order valence-electron chi connectivity index (χ4n) is 2.85. The number of hydrogen-bond donors (Lipinski definition) is 1. The Labute approximate surface area is 114 Å². The molecule has 3 nitrogen and oxygen atoms in total. The van der Waals surface area contributed by atoms with E-state index >= 15 is 0 Å². The lowest BCUT2D eigenvalue weighted by molar-refractivity contribution is -0.00555. The summed E-state index contributed by atoms with van der Waals surface area (Å²) in [5, 5.41) is 2.14. The van der Waals surface area contributed by atoms with Crippen molar-refractivity contribution in [3.8, 4) is 0 Å². The Morgan fingerprint density at radius 2 is 2.33 bits per heavy atom. The van der Waals surface area contributed by atoms with Crippen molar-refractivity contribution in [2.24, 2.45) is 11.7 Å². The van der Waals surface area contributed by atoms with E-state index in [1.807, 2.05) is 11.3 Å². The molecule has 102 valence electrons. The van der Waals surface area contributed by atoms with Crippen LogP contribution in [-0.4, -0.2) is 37.7 Å². The molecule has 1 saturated carbocycles. The number of ether oxygens (including phenoxy) is 1. The molecule has 1 aliphatic rings. The molecule has 0 spiro atoms. The molecule has 1 aromatic heterocycles. The van der Waals surface area contributed by atoms with Crippen molar-refractivity contribution in [1.29, 1.82) is 0 Å². The van der Waals surface area contributed by atoms with Crippen LogP contribution >= 0.6 is 11.3 Å². The number of nitrogens with two attached hydrogens (primary N) is 1. The van der Waals surface area contributed by atoms with E-state index in [9.17, 15) is 0 Å². The van der Waals surface area contributed by atoms with Crippen LogP contribution in [0.5, 0.6) is 0 Å². The first-order chi connectivity index (χ1) is 8.65. The molecule has 2 unspecified atom stereocenters. The van der Waals surface area contributed by atoms with Crippen LogP contribution in [-0.2, 0) is 4.74 Å². The molecule has 2 rings (SSSR count). The minimum absolute atomic E-state index is 0.00183. The van der Waals surface area contributed by atoms with Gasteiger partial charge < -0.3 is 10.5 Å². The maximum absolute atomic E-state index is 6.11. The van der Waals surface area contributed by atoms with Crippen LogP contribution < -0.4 is 5.73 Å². The van der Waals surface area contributed by atoms with Gasteiger partial charge in [0.15, 0.2) is 0 Å². The standard InChI is InChI=1S/C14H24N2OS/c1-11(13-5-4-8-18-13)16(2)14(9-15,10-17-3)12-6-7-12/h4-5,8,11-12H,6-7,9-10,15H2,1-3H3. The van der Waals surface area contributed by atoms with Crippen LogP contribution in [0.1, 0.15) is 30.7 Å². The third-order valence-electron chi connectivity index (χ3n) is 4.32. The molecule has 0 saturated heterocycles. The van der Waals surface area contributed by atoms with E-state index < -0.39 is 0 Å². The van der Waals surface area contributed by atoms with Crippen molar-refractivity contribution >= 4 is 11.3 Å². The molecule has 1 aliphatic carbocycles. The molecule has 0 bridgehead atoms. The Kier molecular flexibility index (Phi) is 4.43. The minimum Gasteiger partial charge on any atom is -0.383 e. The van der Waals surface area contributed by atoms with E-state index in [2.05, 4.69) is 36.4 Å². The van der Waals surface area contributed by atoms with Crippen molar-refractivity contribution < 1.29 is 4.74 Å². The number of methoxy groups -OCH3 is 1. The summed E-state index contributed by atoms with van der Waals surface area (Å²) in [6, 6.07) is 4.71. The van der Waals surface area contributed by atoms with Gasteiger partial charge in [0.25, 0.3) is 0 Å². The summed E-state index contributed by atoms with van der Waals surface area (Å²) in [6.45, 7) is 3.65. The predicted octanol–water partition coefficient (Wildman–Crippen LogP) is 2.49. The molecule has 0 radical (unpaired) electrons. The van der Waals surface area contributed by atoms with Gasteiger partial charge in [-0.15, -0.1) is 11.3 Å². The molecular weight excluding hydrogens is 244 g/mol. The Bertz CT molecular complexity index is 364. The SMILES string of the molecule is COCC(CN)(C1CC1)N(C)C(C)c1cccs1. The molecule has 0 amide bonds. The van der Waals surface area contributed by atoms with E-state index in [-0.39, 0.29) is 5.54 Å². The molecule has 0 aromatic carbocycles. The highest BCUT2D eigenvalue weighted by Gasteiger charge is 2.48. The Hall–Kier alpha value is -0.420. The van der Waals surface area contributed by atoms with Gasteiger partial charge in [-0.25, -0.2) is 0 Å². The largest absolute Gasteiger partial charge is 0.383 e. The first-order valence-corrected chi connectivity index (χ1v) is 7.49. The molecule has 4 heteroatoms. The van der Waals surface area contributed by atoms with Crippen LogP contribution in [0.3, 0.4) is 0 Å². The fourth-order valence-corrected chi connectivity index (χ4v) is 3.68. The highest BCUT2D eigenvalue weighted by atomic mass is 32.1. The first kappa shape index (κ1) is 14.0. The second kappa shape index (κ2) is 5.70. The summed E-state index contributed by atoms with van der Waals surface area (Å²) in [6.07, 6.45) is 2.56. The topological polar surface area (TPSA) is 38.5 Å². The molecule has 2 atom stereocenters. The van der Waals surface area contributed by atoms with Crippen LogP contribution in [0.2, 0.25) is 0 Å². The van der Waals surface area contributed by atoms with Gasteiger partial charge in [-0.2, -0.15) is 0 Å². The quantitative estimate of drug-likeness (QED) is 0.826. The normalized spacial score (nSPS) is 20.9. The van der Waals surface area contributed by atoms with E-state index in [0.29, 0.717) is 18.5 Å². The molecule has 2 N–H and O–H groups in total. The summed E-state index contributed by atoms with van der Waals surface area (Å²) in [4.78, 5) is 3.83. The van der Waals surface area contributed by atoms with Crippen LogP contribution in [0.25, 0.3) is 0 Å². The van der Waals surface area contributed by atoms with Crippen LogP contribution in [0.4, 0.5) is 0 Å².